The Labute approximate surface area is 151 Å². The molecule has 0 saturated carbocycles. The summed E-state index contributed by atoms with van der Waals surface area (Å²) < 4.78 is 4.92. The molecule has 10 nitrogen and oxygen atoms in total. The highest BCUT2D eigenvalue weighted by Crippen LogP contribution is 2.27. The molecule has 1 fully saturated rings. The van der Waals surface area contributed by atoms with E-state index in [-0.39, 0.29) is 16.5 Å². The molecule has 0 aromatic carbocycles. The molecule has 1 saturated heterocycles. The van der Waals surface area contributed by atoms with Gasteiger partial charge in [-0.1, -0.05) is 11.3 Å². The maximum absolute atomic E-state index is 12.2. The zero-order valence-electron chi connectivity index (χ0n) is 13.5. The van der Waals surface area contributed by atoms with Gasteiger partial charge in [-0.25, -0.2) is 0 Å². The van der Waals surface area contributed by atoms with Crippen molar-refractivity contribution in [2.24, 2.45) is 0 Å². The van der Waals surface area contributed by atoms with Crippen LogP contribution in [0, 0.1) is 21.4 Å². The summed E-state index contributed by atoms with van der Waals surface area (Å²) in [5.74, 6) is -1.12. The summed E-state index contributed by atoms with van der Waals surface area (Å²) in [6.45, 7) is 1.81. The molecule has 1 amide bonds. The normalized spacial score (nSPS) is 14.7. The van der Waals surface area contributed by atoms with Gasteiger partial charge >= 0.3 is 5.88 Å². The number of piperidine rings is 1. The van der Waals surface area contributed by atoms with Gasteiger partial charge in [-0.05, 0) is 25.3 Å². The Morgan fingerprint density at radius 2 is 2.15 bits per heavy atom. The van der Waals surface area contributed by atoms with Gasteiger partial charge in [0.2, 0.25) is 10.3 Å². The van der Waals surface area contributed by atoms with Gasteiger partial charge in [-0.2, -0.15) is 5.26 Å². The SMILES string of the molecule is N#CC(=Cc1ccc([N+](=O)[O-])o1)C(=O)Nc1nnc(N2CCCCC2)s1. The topological polar surface area (TPSA) is 138 Å². The van der Waals surface area contributed by atoms with Crippen LogP contribution >= 0.6 is 11.3 Å². The van der Waals surface area contributed by atoms with Crippen LogP contribution in [0.3, 0.4) is 0 Å². The number of furan rings is 1. The molecule has 26 heavy (non-hydrogen) atoms. The first-order valence-corrected chi connectivity index (χ1v) is 8.64. The van der Waals surface area contributed by atoms with Crippen LogP contribution in [0.15, 0.2) is 22.1 Å². The lowest BCUT2D eigenvalue weighted by Crippen LogP contribution is -2.29. The summed E-state index contributed by atoms with van der Waals surface area (Å²) in [4.78, 5) is 24.2. The summed E-state index contributed by atoms with van der Waals surface area (Å²) in [5, 5.41) is 31.3. The van der Waals surface area contributed by atoms with Crippen molar-refractivity contribution in [3.05, 3.63) is 33.6 Å². The van der Waals surface area contributed by atoms with Gasteiger partial charge < -0.3 is 9.32 Å². The summed E-state index contributed by atoms with van der Waals surface area (Å²) in [6.07, 6.45) is 4.52. The maximum Gasteiger partial charge on any atom is 0.433 e. The zero-order chi connectivity index (χ0) is 18.5. The molecule has 0 unspecified atom stereocenters. The van der Waals surface area contributed by atoms with Crippen LogP contribution in [-0.4, -0.2) is 34.1 Å². The highest BCUT2D eigenvalue weighted by molar-refractivity contribution is 7.19. The van der Waals surface area contributed by atoms with Gasteiger partial charge in [0.1, 0.15) is 22.3 Å². The fraction of sp³-hybridized carbons (Fsp3) is 0.333. The number of carbonyl (C=O) groups is 1. The molecule has 2 aromatic heterocycles. The smallest absolute Gasteiger partial charge is 0.401 e. The third kappa shape index (κ3) is 4.04. The number of nitrogens with one attached hydrogen (secondary N) is 1. The average Bonchev–Trinajstić information content (AvgIpc) is 3.30. The number of aromatic nitrogens is 2. The lowest BCUT2D eigenvalue weighted by atomic mass is 10.1. The standard InChI is InChI=1S/C15H14N6O4S/c16-9-10(8-11-4-5-12(25-11)21(23)24)13(22)17-14-18-19-15(26-14)20-6-2-1-3-7-20/h4-5,8H,1-3,6-7H2,(H,17,18,22). The molecule has 11 heteroatoms. The number of nitrogens with zero attached hydrogens (tertiary/aromatic N) is 5. The van der Waals surface area contributed by atoms with E-state index in [1.54, 1.807) is 6.07 Å². The Bertz CT molecular complexity index is 890. The predicted octanol–water partition coefficient (Wildman–Crippen LogP) is 2.58. The van der Waals surface area contributed by atoms with E-state index < -0.39 is 16.7 Å². The van der Waals surface area contributed by atoms with Crippen LogP contribution in [-0.2, 0) is 4.79 Å². The average molecular weight is 374 g/mol. The van der Waals surface area contributed by atoms with Gasteiger partial charge in [0, 0.05) is 19.2 Å². The number of anilines is 2. The molecular weight excluding hydrogens is 360 g/mol. The maximum atomic E-state index is 12.2. The molecule has 0 spiro atoms. The van der Waals surface area contributed by atoms with Crippen LogP contribution in [0.25, 0.3) is 6.08 Å². The van der Waals surface area contributed by atoms with Gasteiger partial charge in [0.15, 0.2) is 0 Å². The lowest BCUT2D eigenvalue weighted by molar-refractivity contribution is -0.402. The van der Waals surface area contributed by atoms with Crippen molar-refractivity contribution >= 4 is 39.5 Å². The summed E-state index contributed by atoms with van der Waals surface area (Å²) in [6, 6.07) is 4.20. The van der Waals surface area contributed by atoms with Crippen LogP contribution in [0.1, 0.15) is 25.0 Å². The second-order valence-electron chi connectivity index (χ2n) is 5.49. The predicted molar refractivity (Wildman–Crippen MR) is 93.6 cm³/mol. The number of nitro groups is 1. The minimum atomic E-state index is -0.702. The molecule has 134 valence electrons. The Kier molecular flexibility index (Phi) is 5.23. The molecule has 1 aliphatic rings. The second-order valence-corrected chi connectivity index (χ2v) is 6.45. The number of nitriles is 1. The van der Waals surface area contributed by atoms with Crippen molar-refractivity contribution in [1.29, 1.82) is 5.26 Å². The number of rotatable bonds is 5. The first-order chi connectivity index (χ1) is 12.6. The Hall–Kier alpha value is -3.26. The third-order valence-electron chi connectivity index (χ3n) is 3.71. The highest BCUT2D eigenvalue weighted by Gasteiger charge is 2.18. The molecule has 2 aromatic rings. The molecule has 1 N–H and O–H groups in total. The van der Waals surface area contributed by atoms with Crippen molar-refractivity contribution in [3.8, 4) is 6.07 Å². The molecule has 0 atom stereocenters. The van der Waals surface area contributed by atoms with Crippen molar-refractivity contribution in [2.45, 2.75) is 19.3 Å². The molecule has 3 rings (SSSR count). The number of hydrogen-bond acceptors (Lipinski definition) is 9. The van der Waals surface area contributed by atoms with E-state index in [0.717, 1.165) is 43.2 Å². The van der Waals surface area contributed by atoms with Crippen molar-refractivity contribution in [2.75, 3.05) is 23.3 Å². The fourth-order valence-electron chi connectivity index (χ4n) is 2.45. The van der Waals surface area contributed by atoms with Crippen molar-refractivity contribution in [1.82, 2.24) is 10.2 Å². The number of amides is 1. The second kappa shape index (κ2) is 7.75. The Morgan fingerprint density at radius 3 is 2.81 bits per heavy atom. The van der Waals surface area contributed by atoms with E-state index in [1.807, 2.05) is 0 Å². The molecular formula is C15H14N6O4S. The minimum Gasteiger partial charge on any atom is -0.401 e. The minimum absolute atomic E-state index is 0.0367. The Balaban J connectivity index is 1.69. The molecule has 1 aliphatic heterocycles. The third-order valence-corrected chi connectivity index (χ3v) is 4.61. The number of hydrogen-bond donors (Lipinski definition) is 1. The van der Waals surface area contributed by atoms with E-state index in [2.05, 4.69) is 20.4 Å². The fourth-order valence-corrected chi connectivity index (χ4v) is 3.24. The van der Waals surface area contributed by atoms with Gasteiger partial charge in [-0.3, -0.25) is 20.2 Å². The summed E-state index contributed by atoms with van der Waals surface area (Å²) in [7, 11) is 0. The monoisotopic (exact) mass is 374 g/mol. The van der Waals surface area contributed by atoms with E-state index >= 15 is 0 Å². The van der Waals surface area contributed by atoms with Gasteiger partial charge in [0.05, 0.1) is 6.07 Å². The quantitative estimate of drug-likeness (QED) is 0.365. The van der Waals surface area contributed by atoms with Crippen LogP contribution < -0.4 is 10.2 Å². The highest BCUT2D eigenvalue weighted by atomic mass is 32.1. The van der Waals surface area contributed by atoms with Crippen LogP contribution in [0.4, 0.5) is 16.1 Å². The molecule has 3 heterocycles. The first kappa shape index (κ1) is 17.6. The van der Waals surface area contributed by atoms with Crippen molar-refractivity contribution < 1.29 is 14.1 Å². The Morgan fingerprint density at radius 1 is 1.38 bits per heavy atom. The molecule has 0 radical (unpaired) electrons. The van der Waals surface area contributed by atoms with Crippen LogP contribution in [0.2, 0.25) is 0 Å². The van der Waals surface area contributed by atoms with Crippen molar-refractivity contribution in [3.63, 3.8) is 0 Å². The lowest BCUT2D eigenvalue weighted by Gasteiger charge is -2.25. The van der Waals surface area contributed by atoms with Crippen LogP contribution in [0.5, 0.6) is 0 Å². The molecule has 0 aliphatic carbocycles. The first-order valence-electron chi connectivity index (χ1n) is 7.82. The van der Waals surface area contributed by atoms with E-state index in [1.165, 1.54) is 23.8 Å². The zero-order valence-corrected chi connectivity index (χ0v) is 14.4. The van der Waals surface area contributed by atoms with Gasteiger partial charge in [-0.15, -0.1) is 10.2 Å². The summed E-state index contributed by atoms with van der Waals surface area (Å²) >= 11 is 1.23. The number of carbonyl (C=O) groups excluding carboxylic acids is 1. The largest absolute Gasteiger partial charge is 0.433 e. The van der Waals surface area contributed by atoms with E-state index in [0.29, 0.717) is 0 Å². The van der Waals surface area contributed by atoms with E-state index in [4.69, 9.17) is 9.68 Å². The summed E-state index contributed by atoms with van der Waals surface area (Å²) in [5.41, 5.74) is -0.260. The van der Waals surface area contributed by atoms with E-state index in [9.17, 15) is 14.9 Å². The van der Waals surface area contributed by atoms with Gasteiger partial charge in [0.25, 0.3) is 5.91 Å². The molecule has 0 bridgehead atoms.